The van der Waals surface area contributed by atoms with E-state index in [1.165, 1.54) is 44.9 Å². The average molecular weight is 403 g/mol. The average Bonchev–Trinajstić information content (AvgIpc) is 2.84. The summed E-state index contributed by atoms with van der Waals surface area (Å²) in [6.45, 7) is 16.2. The molecule has 0 saturated heterocycles. The maximum atomic E-state index is 12.5. The van der Waals surface area contributed by atoms with Gasteiger partial charge in [-0.2, -0.15) is 0 Å². The Morgan fingerprint density at radius 1 is 1.14 bits per heavy atom. The van der Waals surface area contributed by atoms with Crippen LogP contribution in [0.2, 0.25) is 19.6 Å². The lowest BCUT2D eigenvalue weighted by molar-refractivity contribution is -0.128. The van der Waals surface area contributed by atoms with E-state index in [2.05, 4.69) is 46.5 Å². The molecule has 2 nitrogen and oxygen atoms in total. The lowest BCUT2D eigenvalue weighted by Gasteiger charge is -2.58. The van der Waals surface area contributed by atoms with E-state index in [4.69, 9.17) is 4.43 Å². The van der Waals surface area contributed by atoms with Crippen molar-refractivity contribution < 1.29 is 9.22 Å². The zero-order chi connectivity index (χ0) is 20.5. The summed E-state index contributed by atoms with van der Waals surface area (Å²) < 4.78 is 6.51. The first-order chi connectivity index (χ1) is 13.0. The van der Waals surface area contributed by atoms with Crippen LogP contribution in [0, 0.1) is 40.4 Å². The van der Waals surface area contributed by atoms with E-state index < -0.39 is 8.32 Å². The van der Waals surface area contributed by atoms with Crippen LogP contribution in [0.25, 0.3) is 0 Å². The molecule has 3 saturated carbocycles. The van der Waals surface area contributed by atoms with Crippen molar-refractivity contribution in [1.82, 2.24) is 0 Å². The molecule has 3 unspecified atom stereocenters. The summed E-state index contributed by atoms with van der Waals surface area (Å²) in [6.07, 6.45) is 11.9. The molecule has 0 spiro atoms. The number of allylic oxidation sites excluding steroid dienone is 1. The second-order valence-electron chi connectivity index (χ2n) is 12.2. The molecular formula is C25H42O2Si. The van der Waals surface area contributed by atoms with E-state index in [0.717, 1.165) is 17.8 Å². The van der Waals surface area contributed by atoms with Crippen molar-refractivity contribution in [2.75, 3.05) is 0 Å². The third-order valence-electron chi connectivity index (χ3n) is 9.36. The third-order valence-corrected chi connectivity index (χ3v) is 10.4. The zero-order valence-electron chi connectivity index (χ0n) is 19.3. The van der Waals surface area contributed by atoms with Crippen molar-refractivity contribution in [2.45, 2.75) is 98.4 Å². The fourth-order valence-electron chi connectivity index (χ4n) is 8.46. The highest BCUT2D eigenvalue weighted by Gasteiger charge is 2.61. The lowest BCUT2D eigenvalue weighted by Crippen LogP contribution is -2.51. The van der Waals surface area contributed by atoms with Crippen molar-refractivity contribution in [1.29, 1.82) is 0 Å². The summed E-state index contributed by atoms with van der Waals surface area (Å²) in [5.74, 6) is 3.63. The summed E-state index contributed by atoms with van der Waals surface area (Å²) in [5, 5.41) is 0. The van der Waals surface area contributed by atoms with Crippen LogP contribution in [0.1, 0.15) is 72.6 Å². The van der Waals surface area contributed by atoms with Crippen LogP contribution < -0.4 is 0 Å². The zero-order valence-corrected chi connectivity index (χ0v) is 20.3. The topological polar surface area (TPSA) is 26.3 Å². The predicted molar refractivity (Wildman–Crippen MR) is 119 cm³/mol. The van der Waals surface area contributed by atoms with Gasteiger partial charge in [0.05, 0.1) is 0 Å². The highest BCUT2D eigenvalue weighted by molar-refractivity contribution is 6.69. The van der Waals surface area contributed by atoms with Gasteiger partial charge in [-0.25, -0.2) is 0 Å². The second kappa shape index (κ2) is 6.80. The van der Waals surface area contributed by atoms with Gasteiger partial charge in [0.15, 0.2) is 8.32 Å². The molecule has 0 radical (unpaired) electrons. The van der Waals surface area contributed by atoms with E-state index in [1.54, 1.807) is 5.57 Å². The summed E-state index contributed by atoms with van der Waals surface area (Å²) in [4.78, 5) is 12.5. The molecule has 0 aromatic heterocycles. The van der Waals surface area contributed by atoms with Crippen molar-refractivity contribution >= 4 is 14.1 Å². The number of carbonyl (C=O) groups is 1. The molecular weight excluding hydrogens is 360 g/mol. The largest absolute Gasteiger partial charge is 0.414 e. The maximum absolute atomic E-state index is 12.5. The van der Waals surface area contributed by atoms with E-state index in [-0.39, 0.29) is 11.3 Å². The third kappa shape index (κ3) is 3.19. The molecule has 0 amide bonds. The maximum Gasteiger partial charge on any atom is 0.184 e. The number of carbonyl (C=O) groups excluding carboxylic acids is 1. The van der Waals surface area contributed by atoms with Gasteiger partial charge < -0.3 is 4.43 Å². The molecule has 0 bridgehead atoms. The summed E-state index contributed by atoms with van der Waals surface area (Å²) >= 11 is 0. The number of hydrogen-bond donors (Lipinski definition) is 0. The number of hydrogen-bond acceptors (Lipinski definition) is 2. The van der Waals surface area contributed by atoms with Gasteiger partial charge in [0.1, 0.15) is 5.78 Å². The Hall–Kier alpha value is -0.413. The van der Waals surface area contributed by atoms with Gasteiger partial charge in [0, 0.05) is 12.0 Å². The van der Waals surface area contributed by atoms with Crippen LogP contribution in [0.3, 0.4) is 0 Å². The van der Waals surface area contributed by atoms with Crippen molar-refractivity contribution in [3.8, 4) is 0 Å². The Kier molecular flexibility index (Phi) is 5.06. The molecule has 0 N–H and O–H groups in total. The number of fused-ring (bicyclic) bond motifs is 5. The van der Waals surface area contributed by atoms with Crippen molar-refractivity contribution in [3.05, 3.63) is 11.6 Å². The SMILES string of the molecule is CC(=O)[C@H]1[C@H](C)CC2C3CC=C4C[C@@H](O[Si](C)(C)C)CC[C@]4(C)C3CC[C@@]21C. The van der Waals surface area contributed by atoms with Gasteiger partial charge in [0.2, 0.25) is 0 Å². The predicted octanol–water partition coefficient (Wildman–Crippen LogP) is 6.62. The molecule has 3 heteroatoms. The Labute approximate surface area is 174 Å². The Morgan fingerprint density at radius 3 is 2.50 bits per heavy atom. The fourth-order valence-corrected chi connectivity index (χ4v) is 9.66. The minimum Gasteiger partial charge on any atom is -0.414 e. The van der Waals surface area contributed by atoms with Crippen LogP contribution in [-0.4, -0.2) is 20.2 Å². The molecule has 0 heterocycles. The van der Waals surface area contributed by atoms with Crippen LogP contribution in [0.4, 0.5) is 0 Å². The minimum absolute atomic E-state index is 0.242. The smallest absolute Gasteiger partial charge is 0.184 e. The first-order valence-electron chi connectivity index (χ1n) is 11.8. The molecule has 3 fully saturated rings. The van der Waals surface area contributed by atoms with Gasteiger partial charge in [-0.15, -0.1) is 0 Å². The van der Waals surface area contributed by atoms with Crippen LogP contribution in [0.5, 0.6) is 0 Å². The molecule has 0 aromatic rings. The minimum atomic E-state index is -1.47. The molecule has 0 aromatic carbocycles. The number of Topliss-reactive ketones (excluding diaryl/α,β-unsaturated/α-hetero) is 1. The molecule has 4 aliphatic rings. The van der Waals surface area contributed by atoms with E-state index in [9.17, 15) is 4.79 Å². The number of ketones is 1. The molecule has 0 aliphatic heterocycles. The van der Waals surface area contributed by atoms with E-state index in [1.807, 2.05) is 6.92 Å². The van der Waals surface area contributed by atoms with Gasteiger partial charge >= 0.3 is 0 Å². The second-order valence-corrected chi connectivity index (χ2v) is 16.7. The molecule has 158 valence electrons. The van der Waals surface area contributed by atoms with E-state index in [0.29, 0.717) is 23.2 Å². The van der Waals surface area contributed by atoms with Gasteiger partial charge in [0.25, 0.3) is 0 Å². The fraction of sp³-hybridized carbons (Fsp3) is 0.880. The quantitative estimate of drug-likeness (QED) is 0.391. The normalized spacial score (nSPS) is 48.3. The molecule has 4 aliphatic carbocycles. The van der Waals surface area contributed by atoms with E-state index >= 15 is 0 Å². The summed E-state index contributed by atoms with van der Waals surface area (Å²) in [6, 6.07) is 0. The van der Waals surface area contributed by atoms with Crippen LogP contribution >= 0.6 is 0 Å². The Morgan fingerprint density at radius 2 is 1.86 bits per heavy atom. The highest BCUT2D eigenvalue weighted by Crippen LogP contribution is 2.67. The van der Waals surface area contributed by atoms with Crippen LogP contribution in [-0.2, 0) is 9.22 Å². The Bertz CT molecular complexity index is 677. The first-order valence-corrected chi connectivity index (χ1v) is 15.2. The van der Waals surface area contributed by atoms with Crippen molar-refractivity contribution in [3.63, 3.8) is 0 Å². The van der Waals surface area contributed by atoms with Crippen LogP contribution in [0.15, 0.2) is 11.6 Å². The first kappa shape index (κ1) is 20.8. The Balaban J connectivity index is 1.59. The van der Waals surface area contributed by atoms with Crippen molar-refractivity contribution in [2.24, 2.45) is 40.4 Å². The summed E-state index contributed by atoms with van der Waals surface area (Å²) in [7, 11) is -1.47. The monoisotopic (exact) mass is 402 g/mol. The summed E-state index contributed by atoms with van der Waals surface area (Å²) in [5.41, 5.74) is 2.33. The van der Waals surface area contributed by atoms with Gasteiger partial charge in [-0.05, 0) is 106 Å². The van der Waals surface area contributed by atoms with Gasteiger partial charge in [-0.3, -0.25) is 4.79 Å². The van der Waals surface area contributed by atoms with Gasteiger partial charge in [-0.1, -0.05) is 32.4 Å². The molecule has 28 heavy (non-hydrogen) atoms. The number of rotatable bonds is 3. The highest BCUT2D eigenvalue weighted by atomic mass is 28.4. The standard InChI is InChI=1S/C25H42O2Si/c1-16-14-22-20-9-8-18-15-19(27-28(5,6)7)10-12-24(18,3)21(20)11-13-25(22,4)23(16)17(2)26/h8,16,19-23H,9-15H2,1-7H3/t16-,19+,20?,21?,22?,23-,24+,25+/m1/s1. The molecule has 8 atom stereocenters. The lowest BCUT2D eigenvalue weighted by atomic mass is 9.47. The molecule has 4 rings (SSSR count).